The molecular formula is C19H18N8. The van der Waals surface area contributed by atoms with Gasteiger partial charge in [-0.15, -0.1) is 5.10 Å². The van der Waals surface area contributed by atoms with Crippen LogP contribution < -0.4 is 5.32 Å². The van der Waals surface area contributed by atoms with Crippen molar-refractivity contribution in [3.8, 4) is 6.07 Å². The molecule has 0 saturated heterocycles. The van der Waals surface area contributed by atoms with Crippen molar-refractivity contribution in [3.63, 3.8) is 0 Å². The van der Waals surface area contributed by atoms with Gasteiger partial charge >= 0.3 is 0 Å². The normalized spacial score (nSPS) is 10.9. The van der Waals surface area contributed by atoms with E-state index in [9.17, 15) is 0 Å². The molecule has 0 bridgehead atoms. The number of anilines is 1. The van der Waals surface area contributed by atoms with Gasteiger partial charge in [-0.3, -0.25) is 4.68 Å². The van der Waals surface area contributed by atoms with E-state index in [1.165, 1.54) is 0 Å². The van der Waals surface area contributed by atoms with Gasteiger partial charge < -0.3 is 5.32 Å². The number of nitrogens with one attached hydrogen (secondary N) is 1. The van der Waals surface area contributed by atoms with Crippen molar-refractivity contribution < 1.29 is 0 Å². The zero-order valence-electron chi connectivity index (χ0n) is 15.1. The van der Waals surface area contributed by atoms with E-state index in [0.717, 1.165) is 33.7 Å². The Bertz CT molecular complexity index is 1150. The minimum atomic E-state index is 0.619. The van der Waals surface area contributed by atoms with Gasteiger partial charge in [0.1, 0.15) is 11.3 Å². The number of pyridine rings is 1. The number of hydrogen-bond acceptors (Lipinski definition) is 6. The maximum Gasteiger partial charge on any atom is 0.180 e. The van der Waals surface area contributed by atoms with Crippen molar-refractivity contribution in [1.29, 1.82) is 5.26 Å². The second kappa shape index (κ2) is 6.88. The number of nitriles is 1. The summed E-state index contributed by atoms with van der Waals surface area (Å²) in [5.41, 5.74) is 5.36. The summed E-state index contributed by atoms with van der Waals surface area (Å²) >= 11 is 0. The SMILES string of the molecule is CNc1cc(Cc2cnn(Cc3cccc(C#N)c3)c2)c2nnn(C)c2n1. The van der Waals surface area contributed by atoms with E-state index < -0.39 is 0 Å². The molecule has 0 atom stereocenters. The molecule has 134 valence electrons. The maximum atomic E-state index is 9.03. The highest BCUT2D eigenvalue weighted by Gasteiger charge is 2.12. The predicted molar refractivity (Wildman–Crippen MR) is 101 cm³/mol. The molecule has 0 spiro atoms. The smallest absolute Gasteiger partial charge is 0.180 e. The van der Waals surface area contributed by atoms with E-state index >= 15 is 0 Å². The van der Waals surface area contributed by atoms with Crippen LogP contribution in [0, 0.1) is 11.3 Å². The third kappa shape index (κ3) is 3.35. The second-order valence-corrected chi connectivity index (χ2v) is 6.34. The second-order valence-electron chi connectivity index (χ2n) is 6.34. The lowest BCUT2D eigenvalue weighted by molar-refractivity contribution is 0.686. The molecule has 1 aromatic carbocycles. The average Bonchev–Trinajstić information content (AvgIpc) is 3.28. The minimum absolute atomic E-state index is 0.619. The van der Waals surface area contributed by atoms with Gasteiger partial charge in [-0.25, -0.2) is 9.67 Å². The Balaban J connectivity index is 1.59. The molecule has 4 aromatic rings. The van der Waals surface area contributed by atoms with Crippen molar-refractivity contribution in [2.75, 3.05) is 12.4 Å². The van der Waals surface area contributed by atoms with Gasteiger partial charge in [0.15, 0.2) is 5.65 Å². The Morgan fingerprint density at radius 1 is 1.22 bits per heavy atom. The molecule has 8 nitrogen and oxygen atoms in total. The Morgan fingerprint density at radius 3 is 2.93 bits per heavy atom. The van der Waals surface area contributed by atoms with E-state index in [-0.39, 0.29) is 0 Å². The van der Waals surface area contributed by atoms with Crippen LogP contribution in [0.4, 0.5) is 5.82 Å². The highest BCUT2D eigenvalue weighted by molar-refractivity contribution is 5.77. The molecule has 0 aliphatic heterocycles. The van der Waals surface area contributed by atoms with Crippen LogP contribution in [0.15, 0.2) is 42.7 Å². The van der Waals surface area contributed by atoms with Crippen molar-refractivity contribution in [3.05, 3.63) is 65.0 Å². The molecule has 3 heterocycles. The summed E-state index contributed by atoms with van der Waals surface area (Å²) in [6.07, 6.45) is 4.56. The summed E-state index contributed by atoms with van der Waals surface area (Å²) in [7, 11) is 3.67. The van der Waals surface area contributed by atoms with Crippen LogP contribution in [0.25, 0.3) is 11.2 Å². The molecule has 0 fully saturated rings. The van der Waals surface area contributed by atoms with Gasteiger partial charge in [-0.2, -0.15) is 10.4 Å². The maximum absolute atomic E-state index is 9.03. The van der Waals surface area contributed by atoms with Gasteiger partial charge in [0.2, 0.25) is 0 Å². The molecular weight excluding hydrogens is 340 g/mol. The highest BCUT2D eigenvalue weighted by Crippen LogP contribution is 2.21. The van der Waals surface area contributed by atoms with Crippen molar-refractivity contribution in [2.24, 2.45) is 7.05 Å². The molecule has 0 radical (unpaired) electrons. The summed E-state index contributed by atoms with van der Waals surface area (Å²) in [5, 5.41) is 24.9. The monoisotopic (exact) mass is 358 g/mol. The quantitative estimate of drug-likeness (QED) is 0.587. The third-order valence-corrected chi connectivity index (χ3v) is 4.38. The molecule has 3 aromatic heterocycles. The molecule has 0 saturated carbocycles. The Labute approximate surface area is 156 Å². The van der Waals surface area contributed by atoms with Crippen LogP contribution >= 0.6 is 0 Å². The number of rotatable bonds is 5. The number of fused-ring (bicyclic) bond motifs is 1. The third-order valence-electron chi connectivity index (χ3n) is 4.38. The molecule has 0 aliphatic carbocycles. The van der Waals surface area contributed by atoms with Crippen molar-refractivity contribution in [1.82, 2.24) is 29.8 Å². The van der Waals surface area contributed by atoms with Crippen molar-refractivity contribution >= 4 is 17.0 Å². The van der Waals surface area contributed by atoms with Crippen LogP contribution in [0.1, 0.15) is 22.3 Å². The molecule has 0 unspecified atom stereocenters. The van der Waals surface area contributed by atoms with Crippen LogP contribution in [0.3, 0.4) is 0 Å². The van der Waals surface area contributed by atoms with E-state index in [0.29, 0.717) is 18.5 Å². The van der Waals surface area contributed by atoms with Gasteiger partial charge in [0.05, 0.1) is 24.4 Å². The first-order valence-corrected chi connectivity index (χ1v) is 8.53. The largest absolute Gasteiger partial charge is 0.373 e. The number of aryl methyl sites for hydroxylation is 1. The Morgan fingerprint density at radius 2 is 2.11 bits per heavy atom. The highest BCUT2D eigenvalue weighted by atomic mass is 15.4. The summed E-state index contributed by atoms with van der Waals surface area (Å²) < 4.78 is 3.55. The molecule has 4 rings (SSSR count). The fourth-order valence-corrected chi connectivity index (χ4v) is 3.06. The van der Waals surface area contributed by atoms with Crippen LogP contribution in [0.5, 0.6) is 0 Å². The molecule has 8 heteroatoms. The van der Waals surface area contributed by atoms with E-state index in [2.05, 4.69) is 31.8 Å². The minimum Gasteiger partial charge on any atom is -0.373 e. The Hall–Kier alpha value is -3.73. The summed E-state index contributed by atoms with van der Waals surface area (Å²) in [5.74, 6) is 0.781. The number of benzene rings is 1. The molecule has 27 heavy (non-hydrogen) atoms. The first kappa shape index (κ1) is 16.7. The first-order chi connectivity index (χ1) is 13.2. The number of aromatic nitrogens is 6. The molecule has 0 amide bonds. The van der Waals surface area contributed by atoms with Crippen molar-refractivity contribution in [2.45, 2.75) is 13.0 Å². The first-order valence-electron chi connectivity index (χ1n) is 8.53. The number of nitrogens with zero attached hydrogens (tertiary/aromatic N) is 7. The molecule has 1 N–H and O–H groups in total. The summed E-state index contributed by atoms with van der Waals surface area (Å²) in [6, 6.07) is 11.7. The standard InChI is InChI=1S/C19H18N8/c1-21-17-8-16(18-19(23-17)26(2)25-24-18)7-15-10-22-27(12-15)11-14-5-3-4-13(6-14)9-20/h3-6,8,10,12H,7,11H2,1-2H3,(H,21,23). The van der Waals surface area contributed by atoms with Gasteiger partial charge in [-0.05, 0) is 34.9 Å². The topological polar surface area (TPSA) is 97.2 Å². The Kier molecular flexibility index (Phi) is 4.26. The lowest BCUT2D eigenvalue weighted by Gasteiger charge is -2.05. The van der Waals surface area contributed by atoms with Gasteiger partial charge in [-0.1, -0.05) is 17.3 Å². The fourth-order valence-electron chi connectivity index (χ4n) is 3.06. The van der Waals surface area contributed by atoms with Crippen LogP contribution in [0.2, 0.25) is 0 Å². The zero-order valence-corrected chi connectivity index (χ0v) is 15.1. The fraction of sp³-hybridized carbons (Fsp3) is 0.211. The van der Waals surface area contributed by atoms with Crippen LogP contribution in [-0.2, 0) is 20.0 Å². The number of hydrogen-bond donors (Lipinski definition) is 1. The summed E-state index contributed by atoms with van der Waals surface area (Å²) in [6.45, 7) is 0.619. The summed E-state index contributed by atoms with van der Waals surface area (Å²) in [4.78, 5) is 4.51. The lowest BCUT2D eigenvalue weighted by Crippen LogP contribution is -2.00. The predicted octanol–water partition coefficient (Wildman–Crippen LogP) is 2.11. The average molecular weight is 358 g/mol. The van der Waals surface area contributed by atoms with E-state index in [4.69, 9.17) is 5.26 Å². The van der Waals surface area contributed by atoms with Gasteiger partial charge in [0.25, 0.3) is 0 Å². The van der Waals surface area contributed by atoms with Crippen LogP contribution in [-0.4, -0.2) is 36.8 Å². The molecule has 0 aliphatic rings. The van der Waals surface area contributed by atoms with E-state index in [1.54, 1.807) is 10.7 Å². The van der Waals surface area contributed by atoms with Gasteiger partial charge in [0, 0.05) is 26.7 Å². The lowest BCUT2D eigenvalue weighted by atomic mass is 10.1. The zero-order chi connectivity index (χ0) is 18.8. The van der Waals surface area contributed by atoms with E-state index in [1.807, 2.05) is 55.4 Å².